The van der Waals surface area contributed by atoms with Crippen molar-refractivity contribution >= 4 is 5.95 Å². The molecule has 1 aliphatic rings. The SMILES string of the molecule is COc1cc(OC)nc(N2CCC(c3ccccc3)CC2)n1. The van der Waals surface area contributed by atoms with Crippen LogP contribution in [0, 0.1) is 0 Å². The van der Waals surface area contributed by atoms with E-state index in [1.807, 2.05) is 0 Å². The number of anilines is 1. The van der Waals surface area contributed by atoms with Gasteiger partial charge in [0.15, 0.2) is 0 Å². The average Bonchev–Trinajstić information content (AvgIpc) is 2.62. The quantitative estimate of drug-likeness (QED) is 0.869. The molecule has 1 aromatic heterocycles. The number of hydrogen-bond donors (Lipinski definition) is 0. The molecule has 0 radical (unpaired) electrons. The smallest absolute Gasteiger partial charge is 0.231 e. The van der Waals surface area contributed by atoms with Gasteiger partial charge in [0.1, 0.15) is 0 Å². The summed E-state index contributed by atoms with van der Waals surface area (Å²) in [6.45, 7) is 1.88. The van der Waals surface area contributed by atoms with E-state index in [1.165, 1.54) is 5.56 Å². The highest BCUT2D eigenvalue weighted by Crippen LogP contribution is 2.30. The fraction of sp³-hybridized carbons (Fsp3) is 0.412. The van der Waals surface area contributed by atoms with Gasteiger partial charge in [-0.15, -0.1) is 0 Å². The van der Waals surface area contributed by atoms with Gasteiger partial charge in [-0.25, -0.2) is 0 Å². The molecule has 0 atom stereocenters. The minimum absolute atomic E-state index is 0.534. The Balaban J connectivity index is 1.71. The molecule has 0 unspecified atom stereocenters. The largest absolute Gasteiger partial charge is 0.481 e. The third-order valence-electron chi connectivity index (χ3n) is 4.13. The maximum Gasteiger partial charge on any atom is 0.231 e. The summed E-state index contributed by atoms with van der Waals surface area (Å²) in [5.74, 6) is 2.37. The molecule has 1 aliphatic heterocycles. The van der Waals surface area contributed by atoms with E-state index in [0.29, 0.717) is 23.6 Å². The number of methoxy groups -OCH3 is 2. The van der Waals surface area contributed by atoms with Crippen molar-refractivity contribution in [2.45, 2.75) is 18.8 Å². The Hall–Kier alpha value is -2.30. The zero-order valence-corrected chi connectivity index (χ0v) is 13.0. The van der Waals surface area contributed by atoms with Gasteiger partial charge in [0.25, 0.3) is 0 Å². The predicted molar refractivity (Wildman–Crippen MR) is 85.8 cm³/mol. The first-order valence-electron chi connectivity index (χ1n) is 7.57. The van der Waals surface area contributed by atoms with Gasteiger partial charge in [0.05, 0.1) is 20.3 Å². The van der Waals surface area contributed by atoms with E-state index in [0.717, 1.165) is 25.9 Å². The maximum atomic E-state index is 5.22. The molecule has 2 aromatic rings. The molecule has 5 nitrogen and oxygen atoms in total. The number of aromatic nitrogens is 2. The number of rotatable bonds is 4. The summed E-state index contributed by atoms with van der Waals surface area (Å²) < 4.78 is 10.4. The summed E-state index contributed by atoms with van der Waals surface area (Å²) in [5, 5.41) is 0. The second-order valence-electron chi connectivity index (χ2n) is 5.42. The van der Waals surface area contributed by atoms with Crippen molar-refractivity contribution in [3.05, 3.63) is 42.0 Å². The molecular formula is C17H21N3O2. The van der Waals surface area contributed by atoms with Crippen molar-refractivity contribution < 1.29 is 9.47 Å². The van der Waals surface area contributed by atoms with Gasteiger partial charge in [-0.2, -0.15) is 9.97 Å². The molecule has 2 heterocycles. The summed E-state index contributed by atoms with van der Waals surface area (Å²) in [6.07, 6.45) is 2.21. The number of hydrogen-bond acceptors (Lipinski definition) is 5. The van der Waals surface area contributed by atoms with Crippen LogP contribution < -0.4 is 14.4 Å². The van der Waals surface area contributed by atoms with E-state index in [9.17, 15) is 0 Å². The van der Waals surface area contributed by atoms with Crippen LogP contribution in [0.5, 0.6) is 11.8 Å². The van der Waals surface area contributed by atoms with E-state index in [2.05, 4.69) is 45.2 Å². The number of benzene rings is 1. The zero-order chi connectivity index (χ0) is 15.4. The van der Waals surface area contributed by atoms with Crippen LogP contribution in [0.3, 0.4) is 0 Å². The Morgan fingerprint density at radius 3 is 2.09 bits per heavy atom. The summed E-state index contributed by atoms with van der Waals surface area (Å²) in [7, 11) is 3.21. The number of piperidine rings is 1. The summed E-state index contributed by atoms with van der Waals surface area (Å²) in [5.41, 5.74) is 1.42. The topological polar surface area (TPSA) is 47.5 Å². The zero-order valence-electron chi connectivity index (χ0n) is 13.0. The molecule has 0 N–H and O–H groups in total. The van der Waals surface area contributed by atoms with Crippen molar-refractivity contribution in [1.82, 2.24) is 9.97 Å². The standard InChI is InChI=1S/C17H21N3O2/c1-21-15-12-16(22-2)19-17(18-15)20-10-8-14(9-11-20)13-6-4-3-5-7-13/h3-7,12,14H,8-11H2,1-2H3. The maximum absolute atomic E-state index is 5.22. The minimum Gasteiger partial charge on any atom is -0.481 e. The molecule has 1 aromatic carbocycles. The van der Waals surface area contributed by atoms with Crippen LogP contribution in [-0.2, 0) is 0 Å². The normalized spacial score (nSPS) is 15.6. The Bertz CT molecular complexity index is 588. The molecular weight excluding hydrogens is 278 g/mol. The highest BCUT2D eigenvalue weighted by molar-refractivity contribution is 5.38. The van der Waals surface area contributed by atoms with E-state index >= 15 is 0 Å². The monoisotopic (exact) mass is 299 g/mol. The average molecular weight is 299 g/mol. The lowest BCUT2D eigenvalue weighted by atomic mass is 9.90. The van der Waals surface area contributed by atoms with Crippen molar-refractivity contribution in [2.75, 3.05) is 32.2 Å². The van der Waals surface area contributed by atoms with Crippen molar-refractivity contribution in [2.24, 2.45) is 0 Å². The molecule has 5 heteroatoms. The second kappa shape index (κ2) is 6.64. The second-order valence-corrected chi connectivity index (χ2v) is 5.42. The van der Waals surface area contributed by atoms with Gasteiger partial charge in [-0.1, -0.05) is 30.3 Å². The lowest BCUT2D eigenvalue weighted by molar-refractivity contribution is 0.370. The summed E-state index contributed by atoms with van der Waals surface area (Å²) >= 11 is 0. The Morgan fingerprint density at radius 1 is 0.955 bits per heavy atom. The Kier molecular flexibility index (Phi) is 4.42. The Morgan fingerprint density at radius 2 is 1.55 bits per heavy atom. The first kappa shape index (κ1) is 14.6. The molecule has 1 saturated heterocycles. The van der Waals surface area contributed by atoms with E-state index in [1.54, 1.807) is 20.3 Å². The molecule has 22 heavy (non-hydrogen) atoms. The van der Waals surface area contributed by atoms with Crippen LogP contribution in [-0.4, -0.2) is 37.3 Å². The van der Waals surface area contributed by atoms with Crippen LogP contribution >= 0.6 is 0 Å². The van der Waals surface area contributed by atoms with Gasteiger partial charge >= 0.3 is 0 Å². The molecule has 0 spiro atoms. The fourth-order valence-electron chi connectivity index (χ4n) is 2.88. The fourth-order valence-corrected chi connectivity index (χ4v) is 2.88. The van der Waals surface area contributed by atoms with Crippen molar-refractivity contribution in [1.29, 1.82) is 0 Å². The lowest BCUT2D eigenvalue weighted by Gasteiger charge is -2.32. The highest BCUT2D eigenvalue weighted by atomic mass is 16.5. The van der Waals surface area contributed by atoms with Crippen LogP contribution in [0.4, 0.5) is 5.95 Å². The van der Waals surface area contributed by atoms with Gasteiger partial charge in [-0.05, 0) is 24.3 Å². The Labute approximate surface area is 130 Å². The van der Waals surface area contributed by atoms with Crippen LogP contribution in [0.2, 0.25) is 0 Å². The molecule has 3 rings (SSSR count). The molecule has 116 valence electrons. The van der Waals surface area contributed by atoms with Crippen molar-refractivity contribution in [3.8, 4) is 11.8 Å². The first-order chi connectivity index (χ1) is 10.8. The van der Waals surface area contributed by atoms with Gasteiger partial charge in [-0.3, -0.25) is 0 Å². The van der Waals surface area contributed by atoms with Crippen molar-refractivity contribution in [3.63, 3.8) is 0 Å². The summed E-state index contributed by atoms with van der Waals surface area (Å²) in [6, 6.07) is 12.4. The molecule has 0 amide bonds. The molecule has 1 fully saturated rings. The van der Waals surface area contributed by atoms with Crippen LogP contribution in [0.1, 0.15) is 24.3 Å². The third kappa shape index (κ3) is 3.13. The number of ether oxygens (including phenoxy) is 2. The van der Waals surface area contributed by atoms with Crippen LogP contribution in [0.15, 0.2) is 36.4 Å². The van der Waals surface area contributed by atoms with Crippen LogP contribution in [0.25, 0.3) is 0 Å². The van der Waals surface area contributed by atoms with Gasteiger partial charge in [0, 0.05) is 13.1 Å². The predicted octanol–water partition coefficient (Wildman–Crippen LogP) is 2.88. The highest BCUT2D eigenvalue weighted by Gasteiger charge is 2.23. The van der Waals surface area contributed by atoms with Gasteiger partial charge < -0.3 is 14.4 Å². The van der Waals surface area contributed by atoms with E-state index in [4.69, 9.17) is 9.47 Å². The van der Waals surface area contributed by atoms with Gasteiger partial charge in [0.2, 0.25) is 17.7 Å². The lowest BCUT2D eigenvalue weighted by Crippen LogP contribution is -2.34. The first-order valence-corrected chi connectivity index (χ1v) is 7.57. The summed E-state index contributed by atoms with van der Waals surface area (Å²) in [4.78, 5) is 11.1. The minimum atomic E-state index is 0.534. The molecule has 0 bridgehead atoms. The third-order valence-corrected chi connectivity index (χ3v) is 4.13. The number of nitrogens with zero attached hydrogens (tertiary/aromatic N) is 3. The van der Waals surface area contributed by atoms with E-state index in [-0.39, 0.29) is 0 Å². The molecule has 0 saturated carbocycles. The van der Waals surface area contributed by atoms with E-state index < -0.39 is 0 Å². The molecule has 0 aliphatic carbocycles.